The maximum absolute atomic E-state index is 10.5. The smallest absolute Gasteiger partial charge is 0.218 e. The fourth-order valence-corrected chi connectivity index (χ4v) is 2.06. The molecule has 0 bridgehead atoms. The zero-order valence-corrected chi connectivity index (χ0v) is 10.9. The van der Waals surface area contributed by atoms with Crippen LogP contribution in [0.5, 0.6) is 0 Å². The SMILES string of the molecule is C=CCC(CC=C)C(C)(C)OS(=O)(=O)[O-].[NH4+]. The highest BCUT2D eigenvalue weighted by Gasteiger charge is 2.30. The van der Waals surface area contributed by atoms with Gasteiger partial charge in [-0.05, 0) is 32.6 Å². The first kappa shape index (κ1) is 17.7. The minimum Gasteiger partial charge on any atom is -0.726 e. The normalized spacial score (nSPS) is 12.0. The van der Waals surface area contributed by atoms with E-state index in [0.717, 1.165) is 0 Å². The molecule has 96 valence electrons. The summed E-state index contributed by atoms with van der Waals surface area (Å²) >= 11 is 0. The van der Waals surface area contributed by atoms with E-state index >= 15 is 0 Å². The highest BCUT2D eigenvalue weighted by molar-refractivity contribution is 7.80. The summed E-state index contributed by atoms with van der Waals surface area (Å²) in [5.41, 5.74) is -1.04. The van der Waals surface area contributed by atoms with Crippen LogP contribution in [0.4, 0.5) is 0 Å². The van der Waals surface area contributed by atoms with Crippen molar-refractivity contribution >= 4 is 10.4 Å². The molecule has 0 aliphatic rings. The third kappa shape index (κ3) is 6.73. The molecule has 0 atom stereocenters. The maximum Gasteiger partial charge on any atom is 0.218 e. The Morgan fingerprint density at radius 2 is 1.69 bits per heavy atom. The van der Waals surface area contributed by atoms with Gasteiger partial charge in [0, 0.05) is 0 Å². The molecule has 0 rings (SSSR count). The molecule has 0 aliphatic carbocycles. The molecule has 0 fully saturated rings. The second kappa shape index (κ2) is 6.80. The number of allylic oxidation sites excluding steroid dienone is 2. The van der Waals surface area contributed by atoms with Crippen molar-refractivity contribution in [2.75, 3.05) is 0 Å². The van der Waals surface area contributed by atoms with Crippen molar-refractivity contribution in [2.24, 2.45) is 5.92 Å². The second-order valence-corrected chi connectivity index (χ2v) is 4.82. The van der Waals surface area contributed by atoms with E-state index in [1.165, 1.54) is 0 Å². The van der Waals surface area contributed by atoms with Gasteiger partial charge in [0.1, 0.15) is 0 Å². The van der Waals surface area contributed by atoms with Gasteiger partial charge < -0.3 is 10.7 Å². The fraction of sp³-hybridized carbons (Fsp3) is 0.600. The van der Waals surface area contributed by atoms with Crippen molar-refractivity contribution in [1.29, 1.82) is 0 Å². The van der Waals surface area contributed by atoms with Crippen LogP contribution >= 0.6 is 0 Å². The van der Waals surface area contributed by atoms with Gasteiger partial charge in [0.2, 0.25) is 10.4 Å². The summed E-state index contributed by atoms with van der Waals surface area (Å²) in [4.78, 5) is 0. The molecule has 0 aromatic carbocycles. The number of rotatable bonds is 7. The molecule has 4 N–H and O–H groups in total. The van der Waals surface area contributed by atoms with Gasteiger partial charge in [-0.15, -0.1) is 13.2 Å². The Hall–Kier alpha value is -0.690. The Morgan fingerprint density at radius 1 is 1.31 bits per heavy atom. The molecule has 5 nitrogen and oxygen atoms in total. The third-order valence-electron chi connectivity index (χ3n) is 2.20. The lowest BCUT2D eigenvalue weighted by atomic mass is 9.85. The second-order valence-electron chi connectivity index (χ2n) is 3.84. The van der Waals surface area contributed by atoms with Gasteiger partial charge >= 0.3 is 0 Å². The molecule has 6 heteroatoms. The van der Waals surface area contributed by atoms with Crippen LogP contribution in [-0.4, -0.2) is 18.6 Å². The van der Waals surface area contributed by atoms with Crippen LogP contribution in [0.2, 0.25) is 0 Å². The largest absolute Gasteiger partial charge is 0.726 e. The van der Waals surface area contributed by atoms with E-state index in [-0.39, 0.29) is 12.1 Å². The van der Waals surface area contributed by atoms with Crippen LogP contribution in [0.25, 0.3) is 0 Å². The number of hydrogen-bond acceptors (Lipinski definition) is 4. The minimum absolute atomic E-state index is 0. The Labute approximate surface area is 97.7 Å². The average molecular weight is 251 g/mol. The summed E-state index contributed by atoms with van der Waals surface area (Å²) in [6, 6.07) is 0. The predicted molar refractivity (Wildman–Crippen MR) is 64.0 cm³/mol. The lowest BCUT2D eigenvalue weighted by molar-refractivity contribution is 0.0393. The molecule has 0 saturated carbocycles. The summed E-state index contributed by atoms with van der Waals surface area (Å²) in [7, 11) is -4.68. The predicted octanol–water partition coefficient (Wildman–Crippen LogP) is 2.39. The molecule has 0 spiro atoms. The molecule has 0 saturated heterocycles. The van der Waals surface area contributed by atoms with E-state index in [4.69, 9.17) is 0 Å². The first-order chi connectivity index (χ1) is 6.73. The quantitative estimate of drug-likeness (QED) is 0.426. The molecule has 0 aromatic rings. The van der Waals surface area contributed by atoms with Gasteiger partial charge in [0.25, 0.3) is 0 Å². The van der Waals surface area contributed by atoms with E-state index in [0.29, 0.717) is 12.8 Å². The van der Waals surface area contributed by atoms with Crippen molar-refractivity contribution < 1.29 is 17.2 Å². The van der Waals surface area contributed by atoms with Crippen LogP contribution < -0.4 is 6.15 Å². The molecule has 0 unspecified atom stereocenters. The van der Waals surface area contributed by atoms with Crippen molar-refractivity contribution in [2.45, 2.75) is 32.3 Å². The number of hydrogen-bond donors (Lipinski definition) is 1. The maximum atomic E-state index is 10.5. The third-order valence-corrected chi connectivity index (χ3v) is 2.84. The van der Waals surface area contributed by atoms with Gasteiger partial charge in [-0.1, -0.05) is 12.2 Å². The Bertz CT molecular complexity index is 312. The van der Waals surface area contributed by atoms with Gasteiger partial charge in [0.05, 0.1) is 5.60 Å². The molecule has 0 radical (unpaired) electrons. The highest BCUT2D eigenvalue weighted by atomic mass is 32.3. The van der Waals surface area contributed by atoms with Crippen LogP contribution in [0.1, 0.15) is 26.7 Å². The minimum atomic E-state index is -4.68. The van der Waals surface area contributed by atoms with Gasteiger partial charge in [-0.3, -0.25) is 4.18 Å². The topological polar surface area (TPSA) is 103 Å². The molecular weight excluding hydrogens is 230 g/mol. The zero-order valence-electron chi connectivity index (χ0n) is 10.1. The first-order valence-electron chi connectivity index (χ1n) is 4.61. The molecule has 0 amide bonds. The Kier molecular flexibility index (Phi) is 7.52. The molecular formula is C10H21NO4S. The van der Waals surface area contributed by atoms with E-state index < -0.39 is 16.0 Å². The standard InChI is InChI=1S/C10H18O4S.H3N/c1-5-7-9(8-6-2)10(3,4)14-15(11,12)13;/h5-6,9H,1-2,7-8H2,3-4H3,(H,11,12,13);1H3. The van der Waals surface area contributed by atoms with Crippen LogP contribution in [0, 0.1) is 5.92 Å². The molecule has 0 heterocycles. The molecule has 16 heavy (non-hydrogen) atoms. The van der Waals surface area contributed by atoms with E-state index in [1.807, 2.05) is 0 Å². The first-order valence-corrected chi connectivity index (χ1v) is 5.94. The lowest BCUT2D eigenvalue weighted by Gasteiger charge is -2.33. The van der Waals surface area contributed by atoms with Crippen molar-refractivity contribution in [3.05, 3.63) is 25.3 Å². The Balaban J connectivity index is 0. The van der Waals surface area contributed by atoms with Crippen molar-refractivity contribution in [3.63, 3.8) is 0 Å². The zero-order chi connectivity index (χ0) is 12.1. The monoisotopic (exact) mass is 251 g/mol. The molecule has 0 aliphatic heterocycles. The van der Waals surface area contributed by atoms with E-state index in [2.05, 4.69) is 17.3 Å². The Morgan fingerprint density at radius 3 is 1.94 bits per heavy atom. The summed E-state index contributed by atoms with van der Waals surface area (Å²) in [6.45, 7) is 10.3. The van der Waals surface area contributed by atoms with Gasteiger partial charge in [0.15, 0.2) is 0 Å². The summed E-state index contributed by atoms with van der Waals surface area (Å²) in [6.07, 6.45) is 4.45. The highest BCUT2D eigenvalue weighted by Crippen LogP contribution is 2.29. The van der Waals surface area contributed by atoms with Crippen LogP contribution in [0.3, 0.4) is 0 Å². The van der Waals surface area contributed by atoms with E-state index in [1.54, 1.807) is 26.0 Å². The van der Waals surface area contributed by atoms with Crippen molar-refractivity contribution in [3.8, 4) is 0 Å². The van der Waals surface area contributed by atoms with Gasteiger partial charge in [-0.2, -0.15) is 0 Å². The van der Waals surface area contributed by atoms with Crippen molar-refractivity contribution in [1.82, 2.24) is 6.15 Å². The number of quaternary nitrogens is 1. The van der Waals surface area contributed by atoms with Crippen LogP contribution in [-0.2, 0) is 14.6 Å². The lowest BCUT2D eigenvalue weighted by Crippen LogP contribution is -2.36. The van der Waals surface area contributed by atoms with E-state index in [9.17, 15) is 13.0 Å². The average Bonchev–Trinajstić information content (AvgIpc) is 1.99. The summed E-state index contributed by atoms with van der Waals surface area (Å²) < 4.78 is 36.1. The van der Waals surface area contributed by atoms with Crippen LogP contribution in [0.15, 0.2) is 25.3 Å². The summed E-state index contributed by atoms with van der Waals surface area (Å²) in [5.74, 6) is -0.128. The van der Waals surface area contributed by atoms with Gasteiger partial charge in [-0.25, -0.2) is 8.42 Å². The fourth-order valence-electron chi connectivity index (χ4n) is 1.40. The summed E-state index contributed by atoms with van der Waals surface area (Å²) in [5, 5.41) is 0. The molecule has 0 aromatic heterocycles.